The summed E-state index contributed by atoms with van der Waals surface area (Å²) in [6.07, 6.45) is 2.53. The quantitative estimate of drug-likeness (QED) is 0.641. The van der Waals surface area contributed by atoms with Gasteiger partial charge in [-0.2, -0.15) is 0 Å². The van der Waals surface area contributed by atoms with Crippen molar-refractivity contribution in [3.8, 4) is 11.5 Å². The van der Waals surface area contributed by atoms with Crippen molar-refractivity contribution < 1.29 is 14.3 Å². The molecule has 1 amide bonds. The average Bonchev–Trinajstić information content (AvgIpc) is 2.98. The molecule has 1 aliphatic rings. The van der Waals surface area contributed by atoms with Gasteiger partial charge in [-0.25, -0.2) is 0 Å². The van der Waals surface area contributed by atoms with Crippen molar-refractivity contribution in [2.75, 3.05) is 18.1 Å². The van der Waals surface area contributed by atoms with E-state index in [1.165, 1.54) is 0 Å². The normalized spacial score (nSPS) is 12.9. The van der Waals surface area contributed by atoms with E-state index in [0.717, 1.165) is 17.8 Å². The number of hydrogen-bond acceptors (Lipinski definition) is 4. The zero-order chi connectivity index (χ0) is 19.3. The summed E-state index contributed by atoms with van der Waals surface area (Å²) < 4.78 is 11.4. The van der Waals surface area contributed by atoms with E-state index in [0.29, 0.717) is 41.8 Å². The molecule has 0 N–H and O–H groups in total. The van der Waals surface area contributed by atoms with Gasteiger partial charge in [0.15, 0.2) is 11.5 Å². The number of carbonyl (C=O) groups excluding carboxylic acids is 1. The number of benzene rings is 2. The highest BCUT2D eigenvalue weighted by Crippen LogP contribution is 2.31. The molecule has 6 heteroatoms. The first-order valence-electron chi connectivity index (χ1n) is 9.08. The summed E-state index contributed by atoms with van der Waals surface area (Å²) in [5.74, 6) is 1.11. The van der Waals surface area contributed by atoms with Gasteiger partial charge in [-0.05, 0) is 54.6 Å². The number of carbonyl (C=O) groups is 1. The lowest BCUT2D eigenvalue weighted by atomic mass is 10.1. The van der Waals surface area contributed by atoms with Gasteiger partial charge in [-0.3, -0.25) is 9.78 Å². The summed E-state index contributed by atoms with van der Waals surface area (Å²) in [5.41, 5.74) is 2.06. The van der Waals surface area contributed by atoms with Crippen molar-refractivity contribution in [3.05, 3.63) is 83.1 Å². The van der Waals surface area contributed by atoms with Crippen molar-refractivity contribution in [1.82, 2.24) is 4.98 Å². The Morgan fingerprint density at radius 3 is 2.54 bits per heavy atom. The van der Waals surface area contributed by atoms with Crippen LogP contribution in [0.4, 0.5) is 5.69 Å². The van der Waals surface area contributed by atoms with E-state index in [2.05, 4.69) is 4.98 Å². The molecule has 0 saturated heterocycles. The van der Waals surface area contributed by atoms with E-state index in [-0.39, 0.29) is 5.91 Å². The smallest absolute Gasteiger partial charge is 0.258 e. The third-order valence-electron chi connectivity index (χ3n) is 4.42. The van der Waals surface area contributed by atoms with Crippen LogP contribution in [0, 0.1) is 0 Å². The molecule has 2 aromatic carbocycles. The molecule has 1 aromatic heterocycles. The second-order valence-corrected chi connectivity index (χ2v) is 6.84. The van der Waals surface area contributed by atoms with Crippen LogP contribution in [-0.2, 0) is 6.54 Å². The zero-order valence-electron chi connectivity index (χ0n) is 15.2. The summed E-state index contributed by atoms with van der Waals surface area (Å²) in [4.78, 5) is 19.4. The number of halogens is 1. The van der Waals surface area contributed by atoms with E-state index in [9.17, 15) is 4.79 Å². The zero-order valence-corrected chi connectivity index (χ0v) is 15.9. The maximum atomic E-state index is 13.4. The average molecular weight is 395 g/mol. The third-order valence-corrected chi connectivity index (χ3v) is 4.68. The topological polar surface area (TPSA) is 51.7 Å². The number of anilines is 1. The molecule has 0 spiro atoms. The molecular weight excluding hydrogens is 376 g/mol. The molecule has 0 unspecified atom stereocenters. The number of nitrogens with zero attached hydrogens (tertiary/aromatic N) is 2. The van der Waals surface area contributed by atoms with E-state index < -0.39 is 0 Å². The predicted octanol–water partition coefficient (Wildman–Crippen LogP) is 4.74. The van der Waals surface area contributed by atoms with E-state index in [1.807, 2.05) is 30.3 Å². The Hall–Kier alpha value is -3.05. The van der Waals surface area contributed by atoms with Crippen LogP contribution in [0.15, 0.2) is 66.9 Å². The van der Waals surface area contributed by atoms with Crippen molar-refractivity contribution >= 4 is 23.2 Å². The molecule has 0 radical (unpaired) electrons. The predicted molar refractivity (Wildman–Crippen MR) is 108 cm³/mol. The molecule has 0 saturated carbocycles. The van der Waals surface area contributed by atoms with Gasteiger partial charge in [0, 0.05) is 28.9 Å². The van der Waals surface area contributed by atoms with Gasteiger partial charge >= 0.3 is 0 Å². The molecule has 28 heavy (non-hydrogen) atoms. The minimum absolute atomic E-state index is 0.149. The van der Waals surface area contributed by atoms with Crippen LogP contribution >= 0.6 is 11.6 Å². The third kappa shape index (κ3) is 4.10. The number of fused-ring (bicyclic) bond motifs is 1. The highest BCUT2D eigenvalue weighted by atomic mass is 35.5. The second-order valence-electron chi connectivity index (χ2n) is 6.40. The number of rotatable bonds is 4. The minimum Gasteiger partial charge on any atom is -0.490 e. The van der Waals surface area contributed by atoms with Crippen molar-refractivity contribution in [3.63, 3.8) is 0 Å². The van der Waals surface area contributed by atoms with Crippen molar-refractivity contribution in [2.24, 2.45) is 0 Å². The first-order valence-corrected chi connectivity index (χ1v) is 9.45. The minimum atomic E-state index is -0.149. The highest BCUT2D eigenvalue weighted by Gasteiger charge is 2.21. The molecule has 142 valence electrons. The fourth-order valence-corrected chi connectivity index (χ4v) is 3.13. The van der Waals surface area contributed by atoms with Gasteiger partial charge < -0.3 is 14.4 Å². The van der Waals surface area contributed by atoms with Gasteiger partial charge in [0.2, 0.25) is 0 Å². The van der Waals surface area contributed by atoms with Crippen LogP contribution in [0.1, 0.15) is 22.5 Å². The van der Waals surface area contributed by atoms with Crippen molar-refractivity contribution in [2.45, 2.75) is 13.0 Å². The monoisotopic (exact) mass is 394 g/mol. The van der Waals surface area contributed by atoms with Crippen LogP contribution in [0.25, 0.3) is 0 Å². The molecule has 1 aliphatic heterocycles. The van der Waals surface area contributed by atoms with Crippen LogP contribution in [0.3, 0.4) is 0 Å². The number of hydrogen-bond donors (Lipinski definition) is 0. The van der Waals surface area contributed by atoms with Crippen LogP contribution in [0.5, 0.6) is 11.5 Å². The Balaban J connectivity index is 1.68. The summed E-state index contributed by atoms with van der Waals surface area (Å²) in [6.45, 7) is 1.52. The van der Waals surface area contributed by atoms with Gasteiger partial charge in [-0.1, -0.05) is 17.7 Å². The first kappa shape index (κ1) is 18.3. The lowest BCUT2D eigenvalue weighted by molar-refractivity contribution is 0.0984. The largest absolute Gasteiger partial charge is 0.490 e. The maximum absolute atomic E-state index is 13.4. The van der Waals surface area contributed by atoms with E-state index in [4.69, 9.17) is 21.1 Å². The van der Waals surface area contributed by atoms with Crippen molar-refractivity contribution in [1.29, 1.82) is 0 Å². The molecule has 0 bridgehead atoms. The SMILES string of the molecule is O=C(c1ccc2c(c1)OCCCO2)N(Cc1ccccn1)c1ccc(Cl)cc1. The Morgan fingerprint density at radius 1 is 1.00 bits per heavy atom. The Morgan fingerprint density at radius 2 is 1.79 bits per heavy atom. The van der Waals surface area contributed by atoms with Gasteiger partial charge in [0.05, 0.1) is 25.5 Å². The number of pyridine rings is 1. The fourth-order valence-electron chi connectivity index (χ4n) is 3.01. The highest BCUT2D eigenvalue weighted by molar-refractivity contribution is 6.30. The van der Waals surface area contributed by atoms with E-state index in [1.54, 1.807) is 41.4 Å². The van der Waals surface area contributed by atoms with E-state index >= 15 is 0 Å². The lowest BCUT2D eigenvalue weighted by Gasteiger charge is -2.23. The Kier molecular flexibility index (Phi) is 5.44. The number of amides is 1. The lowest BCUT2D eigenvalue weighted by Crippen LogP contribution is -2.30. The fraction of sp³-hybridized carbons (Fsp3) is 0.182. The Bertz CT molecular complexity index is 961. The van der Waals surface area contributed by atoms with Crippen LogP contribution < -0.4 is 14.4 Å². The molecule has 3 aromatic rings. The second kappa shape index (κ2) is 8.31. The molecular formula is C22H19ClN2O3. The van der Waals surface area contributed by atoms with Gasteiger partial charge in [0.1, 0.15) is 0 Å². The standard InChI is InChI=1S/C22H19ClN2O3/c23-17-6-8-19(9-7-17)25(15-18-4-1-2-11-24-18)22(26)16-5-10-20-21(14-16)28-13-3-12-27-20/h1-2,4-11,14H,3,12-13,15H2. The van der Waals surface area contributed by atoms with Gasteiger partial charge in [0.25, 0.3) is 5.91 Å². The molecule has 5 nitrogen and oxygen atoms in total. The summed E-state index contributed by atoms with van der Waals surface area (Å²) in [7, 11) is 0. The maximum Gasteiger partial charge on any atom is 0.258 e. The molecule has 2 heterocycles. The Labute approximate surface area is 168 Å². The molecule has 0 fully saturated rings. The number of aromatic nitrogens is 1. The number of ether oxygens (including phenoxy) is 2. The summed E-state index contributed by atoms with van der Waals surface area (Å²) >= 11 is 6.02. The summed E-state index contributed by atoms with van der Waals surface area (Å²) in [5, 5.41) is 0.615. The molecule has 4 rings (SSSR count). The van der Waals surface area contributed by atoms with Crippen LogP contribution in [0.2, 0.25) is 5.02 Å². The summed E-state index contributed by atoms with van der Waals surface area (Å²) in [6, 6.07) is 18.1. The van der Waals surface area contributed by atoms with Gasteiger partial charge in [-0.15, -0.1) is 0 Å². The van der Waals surface area contributed by atoms with Crippen LogP contribution in [-0.4, -0.2) is 24.1 Å². The first-order chi connectivity index (χ1) is 13.7. The molecule has 0 atom stereocenters. The molecule has 0 aliphatic carbocycles.